The van der Waals surface area contributed by atoms with Crippen molar-refractivity contribution in [1.82, 2.24) is 89.6 Å². The van der Waals surface area contributed by atoms with E-state index in [4.69, 9.17) is 11.6 Å². The van der Waals surface area contributed by atoms with Crippen LogP contribution in [0.15, 0.2) is 105 Å². The van der Waals surface area contributed by atoms with E-state index in [9.17, 15) is 85.1 Å². The van der Waals surface area contributed by atoms with Crippen LogP contribution in [0.2, 0.25) is 5.02 Å². The zero-order chi connectivity index (χ0) is 95.9. The number of alkyl halides is 9. The van der Waals surface area contributed by atoms with Crippen molar-refractivity contribution in [2.24, 2.45) is 30.7 Å². The first kappa shape index (κ1) is 100. The predicted octanol–water partition coefficient (Wildman–Crippen LogP) is 15.1. The number of aliphatic hydroxyl groups excluding tert-OH is 1. The number of hydrogen-bond acceptors (Lipinski definition) is 34. The molecule has 0 atom stereocenters. The van der Waals surface area contributed by atoms with Crippen molar-refractivity contribution >= 4 is 81.4 Å². The molecule has 0 aromatic carbocycles. The fourth-order valence-electron chi connectivity index (χ4n) is 17.5. The van der Waals surface area contributed by atoms with E-state index in [-0.39, 0.29) is 106 Å². The van der Waals surface area contributed by atoms with Crippen LogP contribution < -0.4 is 47.9 Å². The van der Waals surface area contributed by atoms with Crippen molar-refractivity contribution < 1.29 is 64.3 Å². The van der Waals surface area contributed by atoms with Gasteiger partial charge in [-0.3, -0.25) is 70.0 Å². The minimum absolute atomic E-state index is 0.00145. The van der Waals surface area contributed by atoms with Gasteiger partial charge in [0.05, 0.1) is 48.7 Å². The summed E-state index contributed by atoms with van der Waals surface area (Å²) in [7, 11) is 1.92. The Balaban J connectivity index is 0.000000153. The molecule has 0 amide bonds. The van der Waals surface area contributed by atoms with E-state index < -0.39 is 54.9 Å². The first-order valence-electron chi connectivity index (χ1n) is 44.9. The number of halogens is 10. The van der Waals surface area contributed by atoms with Crippen molar-refractivity contribution in [2.75, 3.05) is 108 Å². The van der Waals surface area contributed by atoms with Gasteiger partial charge in [0.1, 0.15) is 24.8 Å². The summed E-state index contributed by atoms with van der Waals surface area (Å²) in [6.45, 7) is 11.0. The fraction of sp³-hybridized carbons (Fsp3) is 0.547. The van der Waals surface area contributed by atoms with Gasteiger partial charge in [-0.25, -0.2) is 19.9 Å². The molecule has 3 saturated heterocycles. The van der Waals surface area contributed by atoms with Crippen LogP contribution in [0.1, 0.15) is 166 Å². The number of pyridine rings is 4. The van der Waals surface area contributed by atoms with Gasteiger partial charge in [0.25, 0.3) is 0 Å². The zero-order valence-corrected chi connectivity index (χ0v) is 75.0. The first-order chi connectivity index (χ1) is 64.7. The maximum atomic E-state index is 13.2. The lowest BCUT2D eigenvalue weighted by molar-refractivity contribution is -0.384. The Morgan fingerprint density at radius 2 is 0.689 bits per heavy atom. The molecule has 4 aliphatic carbocycles. The number of β-amino-alcohol motifs (C(OH)–C–C–N with tert-alkyl or cyclic N) is 1. The summed E-state index contributed by atoms with van der Waals surface area (Å²) in [5.74, 6) is 2.15. The predicted molar refractivity (Wildman–Crippen MR) is 483 cm³/mol. The van der Waals surface area contributed by atoms with Crippen molar-refractivity contribution in [3.05, 3.63) is 201 Å². The Bertz CT molecular complexity index is 5440. The molecule has 9 aromatic heterocycles. The van der Waals surface area contributed by atoms with Crippen LogP contribution in [0, 0.1) is 71.1 Å². The summed E-state index contributed by atoms with van der Waals surface area (Å²) in [6, 6.07) is 6.62. The molecule has 0 bridgehead atoms. The van der Waals surface area contributed by atoms with Crippen LogP contribution >= 0.6 is 11.6 Å². The third-order valence-corrected chi connectivity index (χ3v) is 26.1. The summed E-state index contributed by atoms with van der Waals surface area (Å²) in [6.07, 6.45) is 21.7. The molecule has 726 valence electrons. The third kappa shape index (κ3) is 28.4. The van der Waals surface area contributed by atoms with Gasteiger partial charge in [0, 0.05) is 191 Å². The van der Waals surface area contributed by atoms with E-state index in [1.165, 1.54) is 63.6 Å². The molecular formula is C86H108ClF9N30O9. The highest BCUT2D eigenvalue weighted by Crippen LogP contribution is 2.40. The molecule has 135 heavy (non-hydrogen) atoms. The SMILES string of the molecule is Cc1c(CNC2CCC(CNc3nc(NCc4cnccc4C(F)(F)F)ncc3[N+](=O)[O-])CC2)cnn1C.O=[N+]([O-])c1cnc(NCc2cnccc2C(F)(F)F)nc1NCC1CCC(N2CC(O)C2)CC1.O=[N+]([O-])c1cnc(NCc2cnccc2C(F)(F)F)nc1NCC1CCC(N2CCC2)CC1.O=[N+]([O-])c1cnc(NCc2cnccc2Cl)nc1NCC1CCC(N2CCC2)CC1. The summed E-state index contributed by atoms with van der Waals surface area (Å²) >= 11 is 6.14. The maximum absolute atomic E-state index is 13.2. The second-order valence-electron chi connectivity index (χ2n) is 34.6. The lowest BCUT2D eigenvalue weighted by atomic mass is 9.84. The van der Waals surface area contributed by atoms with Crippen LogP contribution in [-0.2, 0) is 58.3 Å². The number of nitrogens with zero attached hydrogens (tertiary/aromatic N) is 21. The largest absolute Gasteiger partial charge is 0.416 e. The van der Waals surface area contributed by atoms with E-state index in [0.29, 0.717) is 85.5 Å². The molecule has 39 nitrogen and oxygen atoms in total. The van der Waals surface area contributed by atoms with Gasteiger partial charge < -0.3 is 62.8 Å². The second-order valence-corrected chi connectivity index (χ2v) is 35.0. The van der Waals surface area contributed by atoms with Crippen LogP contribution in [0.5, 0.6) is 0 Å². The van der Waals surface area contributed by atoms with Gasteiger partial charge in [-0.1, -0.05) is 11.6 Å². The Kier molecular flexibility index (Phi) is 34.6. The lowest BCUT2D eigenvalue weighted by Crippen LogP contribution is -2.56. The minimum Gasteiger partial charge on any atom is -0.390 e. The Morgan fingerprint density at radius 1 is 0.393 bits per heavy atom. The van der Waals surface area contributed by atoms with Gasteiger partial charge >= 0.3 is 41.3 Å². The van der Waals surface area contributed by atoms with Crippen molar-refractivity contribution in [3.63, 3.8) is 0 Å². The molecule has 0 unspecified atom stereocenters. The number of aliphatic hydroxyl groups is 1. The molecule has 7 aliphatic rings. The number of nitrogens with one attached hydrogen (secondary N) is 9. The summed E-state index contributed by atoms with van der Waals surface area (Å²) in [5.41, 5.74) is -0.554. The number of anilines is 8. The number of hydrogen-bond donors (Lipinski definition) is 10. The van der Waals surface area contributed by atoms with Gasteiger partial charge in [-0.2, -0.15) is 64.5 Å². The molecule has 4 saturated carbocycles. The molecular weight excluding hydrogens is 1800 g/mol. The van der Waals surface area contributed by atoms with Gasteiger partial charge in [0.15, 0.2) is 0 Å². The van der Waals surface area contributed by atoms with E-state index >= 15 is 0 Å². The number of likely N-dealkylation sites (tertiary alicyclic amines) is 3. The fourth-order valence-corrected chi connectivity index (χ4v) is 17.7. The van der Waals surface area contributed by atoms with Gasteiger partial charge in [-0.15, -0.1) is 0 Å². The minimum atomic E-state index is -4.53. The van der Waals surface area contributed by atoms with E-state index in [0.717, 1.165) is 201 Å². The summed E-state index contributed by atoms with van der Waals surface area (Å²) in [4.78, 5) is 98.7. The zero-order valence-electron chi connectivity index (χ0n) is 74.2. The number of nitro groups is 4. The molecule has 12 heterocycles. The first-order valence-corrected chi connectivity index (χ1v) is 45.3. The molecule has 0 spiro atoms. The standard InChI is InChI=1S/C24H30F3N9O2.C21H26F3N7O3.C21H26F3N7O2.C20H26ClN7O2/c1-15-17(13-33-35(15)2)11-29-19-5-3-16(4-6-19)9-30-22-21(36(37)38)14-32-23(34-22)31-12-18-10-28-8-7-20(18)24(25,26)27;22-21(23,24)17-5-6-25-8-14(17)9-27-20-28-10-18(31(33)34)19(29-20)26-7-13-1-3-15(4-2-13)30-11-16(32)12-30;22-21(23,24)17-6-7-25-11-15(17)12-27-20-28-13-18(31(32)33)19(29-20)26-10-14-2-4-16(5-3-14)30-8-1-9-30;21-17-6-7-22-11-15(17)12-24-20-25-13-18(28(29)30)19(26-20)23-10-14-2-4-16(5-3-14)27-8-1-9-27/h7-8,10,13-14,16,19,29H,3-6,9,11-12H2,1-2H3,(H2,30,31,32,34);5-6,8,10,13,15-16,32H,1-4,7,9,11-12H2,(H2,26,27,28,29);6-7,11,13-14,16H,1-5,8-10,12H2,(H2,26,27,28,29);6-7,11,13-14,16H,1-5,8-10,12H2,(H2,23,24,25,26). The van der Waals surface area contributed by atoms with Crippen LogP contribution in [-0.4, -0.2) is 205 Å². The Morgan fingerprint density at radius 3 is 0.963 bits per heavy atom. The normalized spacial score (nSPS) is 20.5. The van der Waals surface area contributed by atoms with E-state index in [1.807, 2.05) is 24.9 Å². The van der Waals surface area contributed by atoms with Gasteiger partial charge in [-0.05, 0) is 197 Å². The smallest absolute Gasteiger partial charge is 0.390 e. The Labute approximate surface area is 775 Å². The summed E-state index contributed by atoms with van der Waals surface area (Å²) < 4.78 is 121. The quantitative estimate of drug-likeness (QED) is 0.0102. The average molecular weight is 1910 g/mol. The van der Waals surface area contributed by atoms with E-state index in [1.54, 1.807) is 18.5 Å². The summed E-state index contributed by atoms with van der Waals surface area (Å²) in [5, 5.41) is 87.2. The number of aryl methyl sites for hydroxylation is 1. The highest BCUT2D eigenvalue weighted by Gasteiger charge is 2.39. The molecule has 16 rings (SSSR count). The Hall–Kier alpha value is -12.4. The molecule has 7 fully saturated rings. The molecule has 9 aromatic rings. The lowest BCUT2D eigenvalue weighted by Gasteiger charge is -2.44. The third-order valence-electron chi connectivity index (χ3n) is 25.8. The molecule has 49 heteroatoms. The maximum Gasteiger partial charge on any atom is 0.416 e. The van der Waals surface area contributed by atoms with Gasteiger partial charge in [0.2, 0.25) is 47.1 Å². The van der Waals surface area contributed by atoms with Crippen LogP contribution in [0.3, 0.4) is 0 Å². The molecule has 10 N–H and O–H groups in total. The van der Waals surface area contributed by atoms with Crippen molar-refractivity contribution in [3.8, 4) is 0 Å². The topological polar surface area (TPSA) is 483 Å². The molecule has 3 aliphatic heterocycles. The second kappa shape index (κ2) is 46.7. The number of rotatable bonds is 34. The van der Waals surface area contributed by atoms with Crippen LogP contribution in [0.4, 0.5) is 109 Å². The highest BCUT2D eigenvalue weighted by atomic mass is 35.5. The monoisotopic (exact) mass is 1910 g/mol. The van der Waals surface area contributed by atoms with Crippen LogP contribution in [0.25, 0.3) is 0 Å². The average Bonchev–Trinajstić information content (AvgIpc) is 1.02. The van der Waals surface area contributed by atoms with E-state index in [2.05, 4.69) is 127 Å². The molecule has 0 radical (unpaired) electrons. The highest BCUT2D eigenvalue weighted by molar-refractivity contribution is 6.31. The van der Waals surface area contributed by atoms with Crippen molar-refractivity contribution in [2.45, 2.75) is 204 Å². The van der Waals surface area contributed by atoms with Crippen molar-refractivity contribution in [1.29, 1.82) is 0 Å². The number of aromatic nitrogens is 14.